The number of aromatic nitrogens is 2. The predicted octanol–water partition coefficient (Wildman–Crippen LogP) is 1.43. The van der Waals surface area contributed by atoms with E-state index in [1.807, 2.05) is 38.4 Å². The number of carbonyl (C=O) groups excluding carboxylic acids is 3. The maximum atomic E-state index is 12.2. The fraction of sp³-hybridized carbons (Fsp3) is 0.348. The lowest BCUT2D eigenvalue weighted by atomic mass is 10.1. The Morgan fingerprint density at radius 1 is 1.21 bits per heavy atom. The van der Waals surface area contributed by atoms with Crippen molar-refractivity contribution in [3.05, 3.63) is 53.4 Å². The number of benzene rings is 1. The molecule has 33 heavy (non-hydrogen) atoms. The van der Waals surface area contributed by atoms with Crippen molar-refractivity contribution in [3.8, 4) is 0 Å². The number of nitrogens with zero attached hydrogens (tertiary/aromatic N) is 3. The number of aryl methyl sites for hydroxylation is 1. The van der Waals surface area contributed by atoms with E-state index in [1.54, 1.807) is 25.7 Å². The molecule has 0 fully saturated rings. The fourth-order valence-electron chi connectivity index (χ4n) is 3.00. The Morgan fingerprint density at radius 2 is 1.91 bits per heavy atom. The van der Waals surface area contributed by atoms with Crippen molar-refractivity contribution in [2.24, 2.45) is 5.73 Å². The lowest BCUT2D eigenvalue weighted by Crippen LogP contribution is -2.45. The van der Waals surface area contributed by atoms with Crippen LogP contribution in [0.2, 0.25) is 0 Å². The van der Waals surface area contributed by atoms with Crippen LogP contribution in [0.4, 0.5) is 17.3 Å². The second-order valence-electron chi connectivity index (χ2n) is 7.93. The van der Waals surface area contributed by atoms with E-state index in [0.29, 0.717) is 35.7 Å². The summed E-state index contributed by atoms with van der Waals surface area (Å²) in [4.78, 5) is 46.3. The van der Waals surface area contributed by atoms with Crippen LogP contribution in [0, 0.1) is 6.92 Å². The van der Waals surface area contributed by atoms with Gasteiger partial charge in [-0.15, -0.1) is 0 Å². The molecule has 0 saturated heterocycles. The average molecular weight is 454 g/mol. The lowest BCUT2D eigenvalue weighted by molar-refractivity contribution is -0.126. The Bertz CT molecular complexity index is 1070. The van der Waals surface area contributed by atoms with Gasteiger partial charge < -0.3 is 26.6 Å². The summed E-state index contributed by atoms with van der Waals surface area (Å²) in [6, 6.07) is 6.83. The first-order valence-corrected chi connectivity index (χ1v) is 10.5. The summed E-state index contributed by atoms with van der Waals surface area (Å²) in [5.74, 6) is -0.428. The third-order valence-electron chi connectivity index (χ3n) is 4.73. The fourth-order valence-corrected chi connectivity index (χ4v) is 3.00. The van der Waals surface area contributed by atoms with Gasteiger partial charge in [0.15, 0.2) is 17.3 Å². The molecule has 0 spiro atoms. The zero-order valence-electron chi connectivity index (χ0n) is 19.7. The van der Waals surface area contributed by atoms with E-state index in [-0.39, 0.29) is 23.3 Å². The summed E-state index contributed by atoms with van der Waals surface area (Å²) < 4.78 is 0. The number of hydrogen-bond acceptors (Lipinski definition) is 7. The van der Waals surface area contributed by atoms with E-state index in [2.05, 4.69) is 32.5 Å². The topological polar surface area (TPSA) is 142 Å². The van der Waals surface area contributed by atoms with Crippen LogP contribution in [0.5, 0.6) is 0 Å². The molecule has 10 nitrogen and oxygen atoms in total. The molecule has 0 unspecified atom stereocenters. The number of hydrogen-bond donors (Lipinski definition) is 4. The molecule has 0 aliphatic carbocycles. The van der Waals surface area contributed by atoms with Gasteiger partial charge in [0.2, 0.25) is 11.8 Å². The minimum atomic E-state index is -0.676. The molecular formula is C23H31N7O3. The largest absolute Gasteiger partial charge is 0.364 e. The highest BCUT2D eigenvalue weighted by Gasteiger charge is 2.17. The van der Waals surface area contributed by atoms with Crippen LogP contribution in [-0.4, -0.2) is 54.4 Å². The van der Waals surface area contributed by atoms with E-state index in [0.717, 1.165) is 5.56 Å². The molecule has 2 aromatic rings. The third kappa shape index (κ3) is 7.03. The predicted molar refractivity (Wildman–Crippen MR) is 128 cm³/mol. The average Bonchev–Trinajstić information content (AvgIpc) is 2.74. The van der Waals surface area contributed by atoms with Crippen molar-refractivity contribution in [2.45, 2.75) is 33.2 Å². The highest BCUT2D eigenvalue weighted by atomic mass is 16.2. The number of nitrogens with one attached hydrogen (secondary N) is 3. The van der Waals surface area contributed by atoms with E-state index in [1.165, 1.54) is 0 Å². The van der Waals surface area contributed by atoms with E-state index in [4.69, 9.17) is 5.73 Å². The molecule has 1 atom stereocenters. The summed E-state index contributed by atoms with van der Waals surface area (Å²) in [6.45, 7) is 8.90. The summed E-state index contributed by atoms with van der Waals surface area (Å²) in [7, 11) is 3.68. The minimum Gasteiger partial charge on any atom is -0.364 e. The van der Waals surface area contributed by atoms with Gasteiger partial charge >= 0.3 is 0 Å². The first-order valence-electron chi connectivity index (χ1n) is 10.5. The number of rotatable bonds is 10. The van der Waals surface area contributed by atoms with Crippen LogP contribution in [-0.2, 0) is 16.0 Å². The standard InChI is InChI=1S/C23H31N7O3/c1-13(2)22(32)27-15(4)23(33)25-11-10-16-8-7-9-17(12-16)28-20-18(19(24)31)26-14(3)21(29-20)30(5)6/h7-9,12,15H,1,10-11H2,2-6H3,(H2,24,31)(H,25,33)(H,27,32)(H,28,29)/t15-/m0/s1. The van der Waals surface area contributed by atoms with Gasteiger partial charge in [-0.1, -0.05) is 18.7 Å². The number of amides is 3. The number of primary amides is 1. The van der Waals surface area contributed by atoms with Crippen LogP contribution in [0.15, 0.2) is 36.4 Å². The first-order chi connectivity index (χ1) is 15.5. The van der Waals surface area contributed by atoms with Crippen LogP contribution in [0.1, 0.15) is 35.6 Å². The molecule has 0 bridgehead atoms. The number of carbonyl (C=O) groups is 3. The molecule has 3 amide bonds. The minimum absolute atomic E-state index is 0.0570. The monoisotopic (exact) mass is 453 g/mol. The highest BCUT2D eigenvalue weighted by Crippen LogP contribution is 2.23. The normalized spacial score (nSPS) is 11.3. The molecule has 1 heterocycles. The van der Waals surface area contributed by atoms with Gasteiger partial charge in [0.25, 0.3) is 5.91 Å². The van der Waals surface area contributed by atoms with Gasteiger partial charge in [0, 0.05) is 31.9 Å². The van der Waals surface area contributed by atoms with E-state index >= 15 is 0 Å². The Morgan fingerprint density at radius 3 is 2.52 bits per heavy atom. The molecule has 0 saturated carbocycles. The first kappa shape index (κ1) is 25.3. The Kier molecular flexibility index (Phi) is 8.49. The number of anilines is 3. The Hall–Kier alpha value is -3.95. The smallest absolute Gasteiger partial charge is 0.271 e. The Balaban J connectivity index is 2.06. The van der Waals surface area contributed by atoms with Crippen molar-refractivity contribution >= 4 is 35.0 Å². The van der Waals surface area contributed by atoms with E-state index < -0.39 is 11.9 Å². The van der Waals surface area contributed by atoms with Crippen molar-refractivity contribution in [3.63, 3.8) is 0 Å². The highest BCUT2D eigenvalue weighted by molar-refractivity contribution is 5.97. The molecule has 1 aromatic carbocycles. The van der Waals surface area contributed by atoms with Crippen LogP contribution in [0.3, 0.4) is 0 Å². The zero-order chi connectivity index (χ0) is 24.7. The Labute approximate surface area is 193 Å². The van der Waals surface area contributed by atoms with Crippen LogP contribution >= 0.6 is 0 Å². The maximum absolute atomic E-state index is 12.2. The van der Waals surface area contributed by atoms with Crippen molar-refractivity contribution < 1.29 is 14.4 Å². The third-order valence-corrected chi connectivity index (χ3v) is 4.73. The molecular weight excluding hydrogens is 422 g/mol. The lowest BCUT2D eigenvalue weighted by Gasteiger charge is -2.17. The van der Waals surface area contributed by atoms with Gasteiger partial charge in [-0.05, 0) is 44.9 Å². The molecule has 176 valence electrons. The molecule has 0 aliphatic heterocycles. The van der Waals surface area contributed by atoms with E-state index in [9.17, 15) is 14.4 Å². The molecule has 0 aliphatic rings. The van der Waals surface area contributed by atoms with Crippen molar-refractivity contribution in [1.82, 2.24) is 20.6 Å². The second kappa shape index (κ2) is 11.1. The van der Waals surface area contributed by atoms with Crippen LogP contribution in [0.25, 0.3) is 0 Å². The second-order valence-corrected chi connectivity index (χ2v) is 7.93. The van der Waals surface area contributed by atoms with Crippen LogP contribution < -0.4 is 26.6 Å². The van der Waals surface area contributed by atoms with Gasteiger partial charge in [-0.2, -0.15) is 0 Å². The van der Waals surface area contributed by atoms with Gasteiger partial charge in [0.05, 0.1) is 5.69 Å². The zero-order valence-corrected chi connectivity index (χ0v) is 19.7. The summed E-state index contributed by atoms with van der Waals surface area (Å²) >= 11 is 0. The molecule has 1 aromatic heterocycles. The molecule has 2 rings (SSSR count). The molecule has 0 radical (unpaired) electrons. The summed E-state index contributed by atoms with van der Waals surface area (Å²) in [6.07, 6.45) is 0.563. The van der Waals surface area contributed by atoms with Crippen molar-refractivity contribution in [2.75, 3.05) is 30.9 Å². The maximum Gasteiger partial charge on any atom is 0.271 e. The molecule has 10 heteroatoms. The quantitative estimate of drug-likeness (QED) is 0.399. The number of nitrogens with two attached hydrogens (primary N) is 1. The SMILES string of the molecule is C=C(C)C(=O)N[C@@H](C)C(=O)NCCc1cccc(Nc2nc(N(C)C)c(C)nc2C(N)=O)c1. The van der Waals surface area contributed by atoms with Crippen molar-refractivity contribution in [1.29, 1.82) is 0 Å². The molecule has 5 N–H and O–H groups in total. The summed E-state index contributed by atoms with van der Waals surface area (Å²) in [5, 5.41) is 8.50. The van der Waals surface area contributed by atoms with Gasteiger partial charge in [0.1, 0.15) is 6.04 Å². The van der Waals surface area contributed by atoms with Gasteiger partial charge in [-0.3, -0.25) is 14.4 Å². The summed E-state index contributed by atoms with van der Waals surface area (Å²) in [5.41, 5.74) is 8.14. The van der Waals surface area contributed by atoms with Gasteiger partial charge in [-0.25, -0.2) is 9.97 Å².